The standard InChI is InChI=1S/C19H23FN2O2S/c1-16-6-8-17(9-7-16)15-21-10-3-11-22(13-12-21)25(23,24)19-5-2-4-18(20)14-19/h2,4-9,14H,3,10-13,15H2,1H3. The van der Waals surface area contributed by atoms with Gasteiger partial charge in [-0.25, -0.2) is 12.8 Å². The molecule has 134 valence electrons. The Morgan fingerprint density at radius 2 is 1.76 bits per heavy atom. The van der Waals surface area contributed by atoms with Gasteiger partial charge >= 0.3 is 0 Å². The molecule has 0 saturated carbocycles. The van der Waals surface area contributed by atoms with E-state index in [-0.39, 0.29) is 4.90 Å². The largest absolute Gasteiger partial charge is 0.298 e. The van der Waals surface area contributed by atoms with Crippen molar-refractivity contribution in [2.24, 2.45) is 0 Å². The molecule has 2 aromatic carbocycles. The normalized spacial score (nSPS) is 17.4. The van der Waals surface area contributed by atoms with E-state index in [1.807, 2.05) is 0 Å². The predicted molar refractivity (Wildman–Crippen MR) is 96.2 cm³/mol. The topological polar surface area (TPSA) is 40.6 Å². The molecule has 2 aromatic rings. The van der Waals surface area contributed by atoms with Crippen LogP contribution in [0.25, 0.3) is 0 Å². The summed E-state index contributed by atoms with van der Waals surface area (Å²) in [5.41, 5.74) is 2.46. The Labute approximate surface area is 148 Å². The van der Waals surface area contributed by atoms with Crippen LogP contribution < -0.4 is 0 Å². The summed E-state index contributed by atoms with van der Waals surface area (Å²) in [6.45, 7) is 5.28. The van der Waals surface area contributed by atoms with Crippen molar-refractivity contribution in [1.29, 1.82) is 0 Å². The number of rotatable bonds is 4. The van der Waals surface area contributed by atoms with Crippen molar-refractivity contribution in [1.82, 2.24) is 9.21 Å². The molecular weight excluding hydrogens is 339 g/mol. The van der Waals surface area contributed by atoms with Crippen molar-refractivity contribution < 1.29 is 12.8 Å². The third kappa shape index (κ3) is 4.45. The van der Waals surface area contributed by atoms with E-state index in [0.717, 1.165) is 25.6 Å². The number of hydrogen-bond acceptors (Lipinski definition) is 3. The molecular formula is C19H23FN2O2S. The molecule has 0 radical (unpaired) electrons. The van der Waals surface area contributed by atoms with Gasteiger partial charge in [0, 0.05) is 26.2 Å². The second-order valence-electron chi connectivity index (χ2n) is 6.48. The fourth-order valence-corrected chi connectivity index (χ4v) is 4.58. The van der Waals surface area contributed by atoms with Crippen LogP contribution in [0.5, 0.6) is 0 Å². The average molecular weight is 362 g/mol. The number of aryl methyl sites for hydroxylation is 1. The Morgan fingerprint density at radius 3 is 2.48 bits per heavy atom. The molecule has 0 spiro atoms. The quantitative estimate of drug-likeness (QED) is 0.839. The van der Waals surface area contributed by atoms with Crippen LogP contribution in [0.15, 0.2) is 53.4 Å². The van der Waals surface area contributed by atoms with E-state index in [0.29, 0.717) is 19.6 Å². The summed E-state index contributed by atoms with van der Waals surface area (Å²) in [5, 5.41) is 0. The van der Waals surface area contributed by atoms with Crippen LogP contribution in [0, 0.1) is 12.7 Å². The second-order valence-corrected chi connectivity index (χ2v) is 8.41. The molecule has 0 N–H and O–H groups in total. The Balaban J connectivity index is 1.67. The fraction of sp³-hybridized carbons (Fsp3) is 0.368. The summed E-state index contributed by atoms with van der Waals surface area (Å²) in [5.74, 6) is -0.531. The van der Waals surface area contributed by atoms with Crippen LogP contribution in [0.2, 0.25) is 0 Å². The zero-order chi connectivity index (χ0) is 17.9. The first kappa shape index (κ1) is 18.0. The van der Waals surface area contributed by atoms with Gasteiger partial charge < -0.3 is 0 Å². The van der Waals surface area contributed by atoms with Gasteiger partial charge in [0.25, 0.3) is 0 Å². The van der Waals surface area contributed by atoms with Crippen molar-refractivity contribution in [3.05, 3.63) is 65.5 Å². The molecule has 1 aliphatic heterocycles. The summed E-state index contributed by atoms with van der Waals surface area (Å²) in [4.78, 5) is 2.30. The van der Waals surface area contributed by atoms with Gasteiger partial charge in [0.2, 0.25) is 10.0 Å². The van der Waals surface area contributed by atoms with E-state index < -0.39 is 15.8 Å². The average Bonchev–Trinajstić information content (AvgIpc) is 2.83. The van der Waals surface area contributed by atoms with Gasteiger partial charge in [-0.1, -0.05) is 35.9 Å². The van der Waals surface area contributed by atoms with Crippen LogP contribution in [-0.4, -0.2) is 43.8 Å². The third-order valence-electron chi connectivity index (χ3n) is 4.51. The van der Waals surface area contributed by atoms with E-state index in [2.05, 4.69) is 36.1 Å². The molecule has 6 heteroatoms. The Bertz CT molecular complexity index is 822. The lowest BCUT2D eigenvalue weighted by Gasteiger charge is -2.22. The monoisotopic (exact) mass is 362 g/mol. The van der Waals surface area contributed by atoms with Crippen LogP contribution in [0.3, 0.4) is 0 Å². The molecule has 0 aliphatic carbocycles. The smallest absolute Gasteiger partial charge is 0.243 e. The zero-order valence-corrected chi connectivity index (χ0v) is 15.2. The number of benzene rings is 2. The van der Waals surface area contributed by atoms with Gasteiger partial charge in [0.15, 0.2) is 0 Å². The van der Waals surface area contributed by atoms with E-state index in [1.165, 1.54) is 33.6 Å². The van der Waals surface area contributed by atoms with Crippen molar-refractivity contribution in [3.8, 4) is 0 Å². The van der Waals surface area contributed by atoms with Crippen molar-refractivity contribution >= 4 is 10.0 Å². The lowest BCUT2D eigenvalue weighted by molar-refractivity contribution is 0.278. The van der Waals surface area contributed by atoms with Crippen LogP contribution in [0.1, 0.15) is 17.5 Å². The van der Waals surface area contributed by atoms with Gasteiger partial charge in [-0.05, 0) is 43.7 Å². The number of hydrogen-bond donors (Lipinski definition) is 0. The predicted octanol–water partition coefficient (Wildman–Crippen LogP) is 3.03. The maximum atomic E-state index is 13.4. The lowest BCUT2D eigenvalue weighted by atomic mass is 10.1. The highest BCUT2D eigenvalue weighted by molar-refractivity contribution is 7.89. The van der Waals surface area contributed by atoms with Gasteiger partial charge in [0.1, 0.15) is 5.82 Å². The summed E-state index contributed by atoms with van der Waals surface area (Å²) >= 11 is 0. The molecule has 0 aromatic heterocycles. The minimum Gasteiger partial charge on any atom is -0.298 e. The SMILES string of the molecule is Cc1ccc(CN2CCCN(S(=O)(=O)c3cccc(F)c3)CC2)cc1. The van der Waals surface area contributed by atoms with E-state index in [1.54, 1.807) is 0 Å². The molecule has 1 aliphatic rings. The molecule has 1 fully saturated rings. The molecule has 4 nitrogen and oxygen atoms in total. The summed E-state index contributed by atoms with van der Waals surface area (Å²) < 4.78 is 40.3. The number of sulfonamides is 1. The first-order chi connectivity index (χ1) is 11.9. The minimum atomic E-state index is -3.64. The number of halogens is 1. The number of nitrogens with zero attached hydrogens (tertiary/aromatic N) is 2. The Kier molecular flexibility index (Phi) is 5.51. The Morgan fingerprint density at radius 1 is 1.00 bits per heavy atom. The highest BCUT2D eigenvalue weighted by Gasteiger charge is 2.27. The molecule has 0 bridgehead atoms. The summed E-state index contributed by atoms with van der Waals surface area (Å²) in [6, 6.07) is 13.6. The minimum absolute atomic E-state index is 0.0273. The van der Waals surface area contributed by atoms with Crippen molar-refractivity contribution in [2.75, 3.05) is 26.2 Å². The van der Waals surface area contributed by atoms with Crippen LogP contribution in [-0.2, 0) is 16.6 Å². The molecule has 1 saturated heterocycles. The molecule has 25 heavy (non-hydrogen) atoms. The molecule has 1 heterocycles. The molecule has 3 rings (SSSR count). The maximum Gasteiger partial charge on any atom is 0.243 e. The van der Waals surface area contributed by atoms with Gasteiger partial charge in [-0.3, -0.25) is 4.90 Å². The third-order valence-corrected chi connectivity index (χ3v) is 6.40. The molecule has 0 unspecified atom stereocenters. The summed E-state index contributed by atoms with van der Waals surface area (Å²) in [7, 11) is -3.64. The maximum absolute atomic E-state index is 13.4. The van der Waals surface area contributed by atoms with Gasteiger partial charge in [0.05, 0.1) is 4.90 Å². The zero-order valence-electron chi connectivity index (χ0n) is 14.4. The summed E-state index contributed by atoms with van der Waals surface area (Å²) in [6.07, 6.45) is 0.764. The van der Waals surface area contributed by atoms with Crippen LogP contribution >= 0.6 is 0 Å². The fourth-order valence-electron chi connectivity index (χ4n) is 3.07. The van der Waals surface area contributed by atoms with Gasteiger partial charge in [-0.2, -0.15) is 4.31 Å². The lowest BCUT2D eigenvalue weighted by Crippen LogP contribution is -2.35. The first-order valence-electron chi connectivity index (χ1n) is 8.49. The second kappa shape index (κ2) is 7.64. The van der Waals surface area contributed by atoms with Crippen LogP contribution in [0.4, 0.5) is 4.39 Å². The van der Waals surface area contributed by atoms with E-state index in [9.17, 15) is 12.8 Å². The molecule has 0 atom stereocenters. The van der Waals surface area contributed by atoms with E-state index in [4.69, 9.17) is 0 Å². The molecule has 0 amide bonds. The van der Waals surface area contributed by atoms with Crippen molar-refractivity contribution in [3.63, 3.8) is 0 Å². The highest BCUT2D eigenvalue weighted by Crippen LogP contribution is 2.19. The first-order valence-corrected chi connectivity index (χ1v) is 9.93. The highest BCUT2D eigenvalue weighted by atomic mass is 32.2. The Hall–Kier alpha value is -1.76. The van der Waals surface area contributed by atoms with E-state index >= 15 is 0 Å². The van der Waals surface area contributed by atoms with Gasteiger partial charge in [-0.15, -0.1) is 0 Å². The van der Waals surface area contributed by atoms with Crippen molar-refractivity contribution in [2.45, 2.75) is 24.8 Å².